The molecule has 0 bridgehead atoms. The zero-order chi connectivity index (χ0) is 20.2. The van der Waals surface area contributed by atoms with Crippen molar-refractivity contribution in [2.75, 3.05) is 19.9 Å². The van der Waals surface area contributed by atoms with Crippen LogP contribution in [0.25, 0.3) is 12.2 Å². The van der Waals surface area contributed by atoms with Gasteiger partial charge in [-0.25, -0.2) is 0 Å². The first kappa shape index (κ1) is 19.3. The van der Waals surface area contributed by atoms with Crippen molar-refractivity contribution >= 4 is 52.3 Å². The third kappa shape index (κ3) is 4.52. The maximum Gasteiger partial charge on any atom is 0.293 e. The summed E-state index contributed by atoms with van der Waals surface area (Å²) >= 11 is 2.41. The Labute approximate surface area is 175 Å². The Kier molecular flexibility index (Phi) is 5.68. The minimum atomic E-state index is -0.335. The highest BCUT2D eigenvalue weighted by Crippen LogP contribution is 2.33. The molecule has 0 aliphatic carbocycles. The van der Waals surface area contributed by atoms with Crippen molar-refractivity contribution in [2.45, 2.75) is 0 Å². The summed E-state index contributed by atoms with van der Waals surface area (Å²) in [6, 6.07) is 9.14. The Hall–Kier alpha value is -3.04. The number of rotatable bonds is 6. The van der Waals surface area contributed by atoms with Crippen LogP contribution in [0.15, 0.2) is 46.7 Å². The Morgan fingerprint density at radius 3 is 2.90 bits per heavy atom. The van der Waals surface area contributed by atoms with E-state index in [0.29, 0.717) is 16.4 Å². The summed E-state index contributed by atoms with van der Waals surface area (Å²) in [6.07, 6.45) is 4.76. The second-order valence-electron chi connectivity index (χ2n) is 6.09. The van der Waals surface area contributed by atoms with E-state index in [2.05, 4.69) is 5.32 Å². The van der Waals surface area contributed by atoms with E-state index >= 15 is 0 Å². The Morgan fingerprint density at radius 2 is 2.07 bits per heavy atom. The number of fused-ring (bicyclic) bond motifs is 1. The molecule has 148 valence electrons. The number of ether oxygens (including phenoxy) is 2. The molecule has 1 aromatic heterocycles. The van der Waals surface area contributed by atoms with Crippen LogP contribution in [0.3, 0.4) is 0 Å². The molecule has 4 rings (SSSR count). The van der Waals surface area contributed by atoms with E-state index in [1.54, 1.807) is 24.3 Å². The third-order valence-electron chi connectivity index (χ3n) is 4.15. The molecule has 1 aromatic carbocycles. The van der Waals surface area contributed by atoms with E-state index in [1.165, 1.54) is 17.4 Å². The first-order valence-corrected chi connectivity index (χ1v) is 10.4. The van der Waals surface area contributed by atoms with Gasteiger partial charge < -0.3 is 14.8 Å². The van der Waals surface area contributed by atoms with E-state index in [1.807, 2.05) is 23.6 Å². The number of hydrogen-bond donors (Lipinski definition) is 1. The van der Waals surface area contributed by atoms with Crippen LogP contribution >= 0.6 is 23.1 Å². The number of carbonyl (C=O) groups excluding carboxylic acids is 3. The third-order valence-corrected chi connectivity index (χ3v) is 5.88. The van der Waals surface area contributed by atoms with E-state index in [4.69, 9.17) is 9.47 Å². The normalized spacial score (nSPS) is 17.0. The molecule has 1 N–H and O–H groups in total. The molecular formula is C20H16N2O5S2. The van der Waals surface area contributed by atoms with E-state index in [0.717, 1.165) is 27.1 Å². The zero-order valence-electron chi connectivity index (χ0n) is 15.1. The van der Waals surface area contributed by atoms with Gasteiger partial charge in [-0.15, -0.1) is 11.3 Å². The van der Waals surface area contributed by atoms with Gasteiger partial charge in [0.05, 0.1) is 4.91 Å². The molecule has 0 atom stereocenters. The summed E-state index contributed by atoms with van der Waals surface area (Å²) in [6.45, 7) is 0.490. The minimum Gasteiger partial charge on any atom is -0.454 e. The van der Waals surface area contributed by atoms with Crippen molar-refractivity contribution in [3.63, 3.8) is 0 Å². The number of nitrogens with one attached hydrogen (secondary N) is 1. The topological polar surface area (TPSA) is 84.9 Å². The summed E-state index contributed by atoms with van der Waals surface area (Å²) in [5.74, 6) is 0.668. The van der Waals surface area contributed by atoms with Crippen molar-refractivity contribution < 1.29 is 23.9 Å². The number of thiophene rings is 1. The number of nitrogens with zero attached hydrogens (tertiary/aromatic N) is 1. The van der Waals surface area contributed by atoms with Gasteiger partial charge in [0.1, 0.15) is 0 Å². The zero-order valence-corrected chi connectivity index (χ0v) is 16.8. The van der Waals surface area contributed by atoms with Crippen molar-refractivity contribution in [3.8, 4) is 11.5 Å². The summed E-state index contributed by atoms with van der Waals surface area (Å²) in [5, 5.41) is 4.25. The van der Waals surface area contributed by atoms with E-state index < -0.39 is 0 Å². The van der Waals surface area contributed by atoms with Crippen molar-refractivity contribution in [3.05, 3.63) is 57.1 Å². The number of amides is 3. The summed E-state index contributed by atoms with van der Waals surface area (Å²) in [7, 11) is 0. The number of imide groups is 1. The molecule has 0 saturated carbocycles. The first-order valence-electron chi connectivity index (χ1n) is 8.74. The molecule has 3 amide bonds. The lowest BCUT2D eigenvalue weighted by molar-refractivity contribution is -0.123. The molecule has 2 aliphatic heterocycles. The maximum atomic E-state index is 12.4. The van der Waals surface area contributed by atoms with Crippen LogP contribution in [-0.4, -0.2) is 41.8 Å². The van der Waals surface area contributed by atoms with E-state index in [-0.39, 0.29) is 36.9 Å². The van der Waals surface area contributed by atoms with Crippen molar-refractivity contribution in [1.82, 2.24) is 10.2 Å². The maximum absolute atomic E-state index is 12.4. The highest BCUT2D eigenvalue weighted by Gasteiger charge is 2.34. The van der Waals surface area contributed by atoms with Gasteiger partial charge in [-0.1, -0.05) is 12.1 Å². The van der Waals surface area contributed by atoms with Gasteiger partial charge in [-0.3, -0.25) is 19.3 Å². The van der Waals surface area contributed by atoms with Crippen LogP contribution in [0.5, 0.6) is 11.5 Å². The van der Waals surface area contributed by atoms with Gasteiger partial charge in [0.15, 0.2) is 11.5 Å². The molecule has 9 heteroatoms. The number of benzene rings is 1. The predicted molar refractivity (Wildman–Crippen MR) is 112 cm³/mol. The average molecular weight is 428 g/mol. The Bertz CT molecular complexity index is 1010. The van der Waals surface area contributed by atoms with E-state index in [9.17, 15) is 14.4 Å². The fraction of sp³-hybridized carbons (Fsp3) is 0.150. The molecule has 1 fully saturated rings. The largest absolute Gasteiger partial charge is 0.454 e. The summed E-state index contributed by atoms with van der Waals surface area (Å²) in [4.78, 5) is 38.9. The summed E-state index contributed by atoms with van der Waals surface area (Å²) in [5.41, 5.74) is 0.800. The van der Waals surface area contributed by atoms with Crippen molar-refractivity contribution in [1.29, 1.82) is 0 Å². The Balaban J connectivity index is 1.28. The second-order valence-corrected chi connectivity index (χ2v) is 8.06. The van der Waals surface area contributed by atoms with Crippen LogP contribution in [0.4, 0.5) is 4.79 Å². The molecule has 3 heterocycles. The molecule has 7 nitrogen and oxygen atoms in total. The fourth-order valence-electron chi connectivity index (χ4n) is 2.73. The summed E-state index contributed by atoms with van der Waals surface area (Å²) < 4.78 is 10.5. The van der Waals surface area contributed by atoms with Gasteiger partial charge >= 0.3 is 0 Å². The molecule has 0 radical (unpaired) electrons. The second kappa shape index (κ2) is 8.54. The molecule has 1 saturated heterocycles. The molecule has 0 spiro atoms. The van der Waals surface area contributed by atoms with Crippen molar-refractivity contribution in [2.24, 2.45) is 0 Å². The van der Waals surface area contributed by atoms with Crippen LogP contribution in [-0.2, 0) is 9.59 Å². The van der Waals surface area contributed by atoms with Crippen LogP contribution < -0.4 is 14.8 Å². The highest BCUT2D eigenvalue weighted by atomic mass is 32.2. The number of carbonyl (C=O) groups is 3. The average Bonchev–Trinajstić information content (AvgIpc) is 3.44. The standard InChI is InChI=1S/C20H16N2O5S2/c23-18(6-4-13-3-5-15-16(10-13)27-12-26-15)21-7-8-22-19(24)17(29-20(22)25)11-14-2-1-9-28-14/h1-6,9-11H,7-8,12H2,(H,21,23)/b6-4+,17-11+. The van der Waals surface area contributed by atoms with Crippen LogP contribution in [0.1, 0.15) is 10.4 Å². The molecule has 2 aromatic rings. The quantitative estimate of drug-likeness (QED) is 0.711. The predicted octanol–water partition coefficient (Wildman–Crippen LogP) is 3.34. The SMILES string of the molecule is O=C(/C=C/c1ccc2c(c1)OCO2)NCCN1C(=O)S/C(=C/c2cccs2)C1=O. The highest BCUT2D eigenvalue weighted by molar-refractivity contribution is 8.18. The van der Waals surface area contributed by atoms with Gasteiger partial charge in [0.25, 0.3) is 11.1 Å². The minimum absolute atomic E-state index is 0.121. The lowest BCUT2D eigenvalue weighted by Crippen LogP contribution is -2.36. The van der Waals surface area contributed by atoms with Gasteiger partial charge in [-0.2, -0.15) is 0 Å². The Morgan fingerprint density at radius 1 is 1.21 bits per heavy atom. The molecule has 2 aliphatic rings. The molecule has 29 heavy (non-hydrogen) atoms. The number of hydrogen-bond acceptors (Lipinski definition) is 7. The van der Waals surface area contributed by atoms with Crippen LogP contribution in [0, 0.1) is 0 Å². The van der Waals surface area contributed by atoms with Crippen LogP contribution in [0.2, 0.25) is 0 Å². The lowest BCUT2D eigenvalue weighted by Gasteiger charge is -2.12. The fourth-order valence-corrected chi connectivity index (χ4v) is 4.32. The number of thioether (sulfide) groups is 1. The smallest absolute Gasteiger partial charge is 0.293 e. The van der Waals surface area contributed by atoms with Gasteiger partial charge in [0, 0.05) is 24.0 Å². The molecule has 0 unspecified atom stereocenters. The molecular weight excluding hydrogens is 412 g/mol. The first-order chi connectivity index (χ1) is 14.1. The monoisotopic (exact) mass is 428 g/mol. The van der Waals surface area contributed by atoms with Gasteiger partial charge in [0.2, 0.25) is 12.7 Å². The van der Waals surface area contributed by atoms with Gasteiger partial charge in [-0.05, 0) is 53.1 Å². The lowest BCUT2D eigenvalue weighted by atomic mass is 10.2.